The summed E-state index contributed by atoms with van der Waals surface area (Å²) in [4.78, 5) is 0. The van der Waals surface area contributed by atoms with E-state index in [-0.39, 0.29) is 18.0 Å². The van der Waals surface area contributed by atoms with E-state index in [1.807, 2.05) is 6.92 Å². The number of rotatable bonds is 4. The second-order valence-electron chi connectivity index (χ2n) is 3.67. The van der Waals surface area contributed by atoms with Crippen LogP contribution in [0.25, 0.3) is 0 Å². The van der Waals surface area contributed by atoms with Crippen molar-refractivity contribution in [3.63, 3.8) is 0 Å². The summed E-state index contributed by atoms with van der Waals surface area (Å²) in [7, 11) is 0. The molecule has 0 aliphatic carbocycles. The van der Waals surface area contributed by atoms with E-state index in [9.17, 15) is 9.50 Å². The molecule has 1 rings (SSSR count). The largest absolute Gasteiger partial charge is 0.388 e. The molecular weight excluding hydrogens is 217 g/mol. The Morgan fingerprint density at radius 2 is 2.20 bits per heavy atom. The minimum atomic E-state index is -1.00. The van der Waals surface area contributed by atoms with Crippen molar-refractivity contribution in [2.45, 2.75) is 25.4 Å². The zero-order chi connectivity index (χ0) is 11.5. The fourth-order valence-electron chi connectivity index (χ4n) is 1.38. The molecule has 1 aromatic rings. The molecule has 84 valence electrons. The van der Waals surface area contributed by atoms with Gasteiger partial charge in [-0.25, -0.2) is 4.39 Å². The first-order chi connectivity index (χ1) is 7.02. The van der Waals surface area contributed by atoms with E-state index in [0.717, 1.165) is 0 Å². The molecule has 0 aliphatic heterocycles. The number of hydrogen-bond acceptors (Lipinski definition) is 2. The number of aliphatic hydroxyl groups is 1. The lowest BCUT2D eigenvalue weighted by atomic mass is 9.92. The Morgan fingerprint density at radius 3 is 2.73 bits per heavy atom. The van der Waals surface area contributed by atoms with Gasteiger partial charge in [0.1, 0.15) is 5.82 Å². The summed E-state index contributed by atoms with van der Waals surface area (Å²) >= 11 is 5.79. The van der Waals surface area contributed by atoms with Gasteiger partial charge in [-0.1, -0.05) is 30.7 Å². The predicted molar refractivity (Wildman–Crippen MR) is 59.4 cm³/mol. The van der Waals surface area contributed by atoms with Gasteiger partial charge in [0.05, 0.1) is 10.6 Å². The average molecular weight is 232 g/mol. The molecular formula is C11H15ClFNO. The maximum atomic E-state index is 13.1. The number of nitrogens with two attached hydrogens (primary N) is 1. The fraction of sp³-hybridized carbons (Fsp3) is 0.455. The quantitative estimate of drug-likeness (QED) is 0.834. The molecule has 0 fully saturated rings. The van der Waals surface area contributed by atoms with Crippen LogP contribution in [0.15, 0.2) is 18.2 Å². The van der Waals surface area contributed by atoms with Gasteiger partial charge in [-0.15, -0.1) is 0 Å². The van der Waals surface area contributed by atoms with Gasteiger partial charge >= 0.3 is 0 Å². The highest BCUT2D eigenvalue weighted by atomic mass is 35.5. The molecule has 4 heteroatoms. The van der Waals surface area contributed by atoms with E-state index in [2.05, 4.69) is 0 Å². The second kappa shape index (κ2) is 4.92. The first kappa shape index (κ1) is 12.4. The molecule has 1 atom stereocenters. The third-order valence-corrected chi connectivity index (χ3v) is 3.01. The first-order valence-electron chi connectivity index (χ1n) is 4.88. The summed E-state index contributed by atoms with van der Waals surface area (Å²) in [6, 6.07) is 4.56. The fourth-order valence-corrected chi connectivity index (χ4v) is 1.57. The molecule has 0 saturated carbocycles. The zero-order valence-electron chi connectivity index (χ0n) is 8.63. The molecule has 0 amide bonds. The lowest BCUT2D eigenvalue weighted by molar-refractivity contribution is 0.0456. The number of benzene rings is 1. The maximum absolute atomic E-state index is 13.1. The minimum absolute atomic E-state index is 0.0674. The summed E-state index contributed by atoms with van der Waals surface area (Å²) in [5.74, 6) is -0.468. The van der Waals surface area contributed by atoms with Crippen LogP contribution < -0.4 is 5.73 Å². The molecule has 0 radical (unpaired) electrons. The van der Waals surface area contributed by atoms with E-state index in [1.165, 1.54) is 6.07 Å². The van der Waals surface area contributed by atoms with Gasteiger partial charge in [0.2, 0.25) is 0 Å². The van der Waals surface area contributed by atoms with Crippen molar-refractivity contribution >= 4 is 11.6 Å². The molecule has 0 saturated heterocycles. The van der Waals surface area contributed by atoms with Gasteiger partial charge in [0, 0.05) is 13.0 Å². The Labute approximate surface area is 93.9 Å². The van der Waals surface area contributed by atoms with Crippen LogP contribution in [0, 0.1) is 5.82 Å². The zero-order valence-corrected chi connectivity index (χ0v) is 9.39. The third kappa shape index (κ3) is 2.91. The normalized spacial score (nSPS) is 15.0. The van der Waals surface area contributed by atoms with Crippen LogP contribution in [0.3, 0.4) is 0 Å². The summed E-state index contributed by atoms with van der Waals surface area (Å²) in [6.45, 7) is 1.97. The smallest absolute Gasteiger partial charge is 0.142 e. The molecule has 15 heavy (non-hydrogen) atoms. The van der Waals surface area contributed by atoms with Crippen LogP contribution in [-0.2, 0) is 6.42 Å². The summed E-state index contributed by atoms with van der Waals surface area (Å²) in [5.41, 5.74) is 5.05. The van der Waals surface area contributed by atoms with Crippen LogP contribution in [0.2, 0.25) is 5.02 Å². The predicted octanol–water partition coefficient (Wildman–Crippen LogP) is 2.12. The van der Waals surface area contributed by atoms with Crippen molar-refractivity contribution in [1.82, 2.24) is 0 Å². The molecule has 0 spiro atoms. The van der Waals surface area contributed by atoms with Gasteiger partial charge in [-0.3, -0.25) is 0 Å². The van der Waals surface area contributed by atoms with Crippen molar-refractivity contribution < 1.29 is 9.50 Å². The third-order valence-electron chi connectivity index (χ3n) is 2.59. The van der Waals surface area contributed by atoms with Crippen molar-refractivity contribution in [3.8, 4) is 0 Å². The van der Waals surface area contributed by atoms with Crippen LogP contribution in [0.4, 0.5) is 4.39 Å². The monoisotopic (exact) mass is 231 g/mol. The van der Waals surface area contributed by atoms with Crippen molar-refractivity contribution in [2.75, 3.05) is 6.54 Å². The molecule has 0 aliphatic rings. The molecule has 3 N–H and O–H groups in total. The summed E-state index contributed by atoms with van der Waals surface area (Å²) in [6.07, 6.45) is 0.785. The topological polar surface area (TPSA) is 46.2 Å². The Hall–Kier alpha value is -0.640. The minimum Gasteiger partial charge on any atom is -0.388 e. The summed E-state index contributed by atoms with van der Waals surface area (Å²) in [5, 5.41) is 10.1. The highest BCUT2D eigenvalue weighted by Crippen LogP contribution is 2.24. The van der Waals surface area contributed by atoms with Crippen molar-refractivity contribution in [2.24, 2.45) is 5.73 Å². The van der Waals surface area contributed by atoms with E-state index in [4.69, 9.17) is 17.3 Å². The van der Waals surface area contributed by atoms with Gasteiger partial charge < -0.3 is 10.8 Å². The van der Waals surface area contributed by atoms with Crippen LogP contribution in [0.1, 0.15) is 18.9 Å². The van der Waals surface area contributed by atoms with Crippen LogP contribution in [-0.4, -0.2) is 17.3 Å². The first-order valence-corrected chi connectivity index (χ1v) is 5.25. The lowest BCUT2D eigenvalue weighted by Gasteiger charge is -2.25. The van der Waals surface area contributed by atoms with Gasteiger partial charge in [-0.2, -0.15) is 0 Å². The van der Waals surface area contributed by atoms with Crippen LogP contribution >= 0.6 is 11.6 Å². The maximum Gasteiger partial charge on any atom is 0.142 e. The molecule has 2 nitrogen and oxygen atoms in total. The Balaban J connectivity index is 2.94. The molecule has 1 aromatic carbocycles. The Kier molecular flexibility index (Phi) is 4.08. The van der Waals surface area contributed by atoms with E-state index >= 15 is 0 Å². The molecule has 0 heterocycles. The molecule has 1 unspecified atom stereocenters. The number of halogens is 2. The SMILES string of the molecule is CCC(O)(CN)Cc1cccc(F)c1Cl. The summed E-state index contributed by atoms with van der Waals surface area (Å²) < 4.78 is 13.1. The number of hydrogen-bond donors (Lipinski definition) is 2. The van der Waals surface area contributed by atoms with Crippen molar-refractivity contribution in [3.05, 3.63) is 34.6 Å². The van der Waals surface area contributed by atoms with Gasteiger partial charge in [0.15, 0.2) is 0 Å². The molecule has 0 aromatic heterocycles. The lowest BCUT2D eigenvalue weighted by Crippen LogP contribution is -2.39. The highest BCUT2D eigenvalue weighted by Gasteiger charge is 2.24. The standard InChI is InChI=1S/C11H15ClFNO/c1-2-11(15,7-14)6-8-4-3-5-9(13)10(8)12/h3-5,15H,2,6-7,14H2,1H3. The van der Waals surface area contributed by atoms with E-state index in [1.54, 1.807) is 12.1 Å². The van der Waals surface area contributed by atoms with E-state index < -0.39 is 11.4 Å². The van der Waals surface area contributed by atoms with E-state index in [0.29, 0.717) is 12.0 Å². The molecule has 0 bridgehead atoms. The Morgan fingerprint density at radius 1 is 1.53 bits per heavy atom. The second-order valence-corrected chi connectivity index (χ2v) is 4.05. The van der Waals surface area contributed by atoms with Gasteiger partial charge in [0.25, 0.3) is 0 Å². The average Bonchev–Trinajstić information content (AvgIpc) is 2.25. The highest BCUT2D eigenvalue weighted by molar-refractivity contribution is 6.31. The Bertz CT molecular complexity index is 339. The van der Waals surface area contributed by atoms with Crippen molar-refractivity contribution in [1.29, 1.82) is 0 Å². The van der Waals surface area contributed by atoms with Crippen LogP contribution in [0.5, 0.6) is 0 Å². The van der Waals surface area contributed by atoms with Gasteiger partial charge in [-0.05, 0) is 18.1 Å².